The predicted molar refractivity (Wildman–Crippen MR) is 89.3 cm³/mol. The van der Waals surface area contributed by atoms with Crippen LogP contribution < -0.4 is 5.32 Å². The van der Waals surface area contributed by atoms with E-state index in [0.29, 0.717) is 18.4 Å². The van der Waals surface area contributed by atoms with Gasteiger partial charge in [0.2, 0.25) is 5.91 Å². The predicted octanol–water partition coefficient (Wildman–Crippen LogP) is 2.06. The Morgan fingerprint density at radius 1 is 1.10 bits per heavy atom. The van der Waals surface area contributed by atoms with E-state index in [9.17, 15) is 4.79 Å². The van der Waals surface area contributed by atoms with Gasteiger partial charge in [-0.1, -0.05) is 27.7 Å². The normalized spacial score (nSPS) is 17.0. The zero-order chi connectivity index (χ0) is 15.8. The van der Waals surface area contributed by atoms with Gasteiger partial charge >= 0.3 is 0 Å². The molecule has 0 bridgehead atoms. The van der Waals surface area contributed by atoms with Gasteiger partial charge in [0.1, 0.15) is 0 Å². The lowest BCUT2D eigenvalue weighted by Crippen LogP contribution is -2.44. The molecule has 1 aliphatic rings. The second-order valence-corrected chi connectivity index (χ2v) is 7.48. The average molecular weight is 297 g/mol. The summed E-state index contributed by atoms with van der Waals surface area (Å²) in [6, 6.07) is 0. The third-order valence-corrected chi connectivity index (χ3v) is 3.96. The molecule has 0 aromatic heterocycles. The number of nitrogens with zero attached hydrogens (tertiary/aromatic N) is 2. The van der Waals surface area contributed by atoms with Gasteiger partial charge in [0.05, 0.1) is 6.54 Å². The molecule has 0 radical (unpaired) electrons. The fraction of sp³-hybridized carbons (Fsp3) is 0.941. The van der Waals surface area contributed by atoms with Crippen molar-refractivity contribution in [2.75, 3.05) is 46.3 Å². The Hall–Kier alpha value is -0.610. The minimum atomic E-state index is 0.286. The number of carbonyl (C=O) groups is 1. The molecule has 124 valence electrons. The fourth-order valence-electron chi connectivity index (χ4n) is 3.06. The topological polar surface area (TPSA) is 35.6 Å². The summed E-state index contributed by atoms with van der Waals surface area (Å²) < 4.78 is 0. The van der Waals surface area contributed by atoms with E-state index in [0.717, 1.165) is 38.6 Å². The van der Waals surface area contributed by atoms with Gasteiger partial charge in [0.25, 0.3) is 0 Å². The first-order valence-corrected chi connectivity index (χ1v) is 8.55. The number of amides is 1. The molecular formula is C17H35N3O. The van der Waals surface area contributed by atoms with Crippen LogP contribution in [0, 0.1) is 17.8 Å². The van der Waals surface area contributed by atoms with Crippen molar-refractivity contribution < 1.29 is 4.79 Å². The molecule has 1 rings (SSSR count). The molecule has 1 N–H and O–H groups in total. The van der Waals surface area contributed by atoms with Crippen molar-refractivity contribution >= 4 is 5.91 Å². The smallest absolute Gasteiger partial charge is 0.236 e. The van der Waals surface area contributed by atoms with Gasteiger partial charge in [0.15, 0.2) is 0 Å². The second-order valence-electron chi connectivity index (χ2n) is 7.48. The Balaban J connectivity index is 2.42. The van der Waals surface area contributed by atoms with Crippen LogP contribution >= 0.6 is 0 Å². The molecule has 4 nitrogen and oxygen atoms in total. The number of rotatable bonds is 8. The molecule has 0 aliphatic carbocycles. The Kier molecular flexibility index (Phi) is 8.27. The molecule has 0 atom stereocenters. The molecule has 1 heterocycles. The zero-order valence-corrected chi connectivity index (χ0v) is 14.7. The molecule has 21 heavy (non-hydrogen) atoms. The molecule has 0 spiro atoms. The molecule has 4 heteroatoms. The number of hydrogen-bond acceptors (Lipinski definition) is 3. The van der Waals surface area contributed by atoms with Crippen molar-refractivity contribution in [1.29, 1.82) is 0 Å². The molecule has 1 saturated heterocycles. The van der Waals surface area contributed by atoms with Crippen molar-refractivity contribution in [3.63, 3.8) is 0 Å². The van der Waals surface area contributed by atoms with E-state index in [1.807, 2.05) is 4.90 Å². The van der Waals surface area contributed by atoms with Crippen LogP contribution in [0.25, 0.3) is 0 Å². The summed E-state index contributed by atoms with van der Waals surface area (Å²) in [6.07, 6.45) is 2.47. The lowest BCUT2D eigenvalue weighted by atomic mass is 9.98. The van der Waals surface area contributed by atoms with Crippen LogP contribution in [0.1, 0.15) is 40.5 Å². The maximum absolute atomic E-state index is 12.5. The van der Waals surface area contributed by atoms with E-state index in [1.165, 1.54) is 12.8 Å². The molecule has 1 fully saturated rings. The van der Waals surface area contributed by atoms with Crippen LogP contribution in [-0.4, -0.2) is 62.0 Å². The van der Waals surface area contributed by atoms with Gasteiger partial charge in [-0.05, 0) is 50.7 Å². The number of nitrogens with one attached hydrogen (secondary N) is 1. The van der Waals surface area contributed by atoms with Gasteiger partial charge in [0, 0.05) is 19.6 Å². The summed E-state index contributed by atoms with van der Waals surface area (Å²) >= 11 is 0. The Morgan fingerprint density at radius 3 is 2.10 bits per heavy atom. The first-order valence-electron chi connectivity index (χ1n) is 8.55. The average Bonchev–Trinajstić information content (AvgIpc) is 2.37. The third kappa shape index (κ3) is 7.82. The van der Waals surface area contributed by atoms with E-state index >= 15 is 0 Å². The Bertz CT molecular complexity index is 288. The van der Waals surface area contributed by atoms with Crippen molar-refractivity contribution in [1.82, 2.24) is 15.1 Å². The zero-order valence-electron chi connectivity index (χ0n) is 14.7. The summed E-state index contributed by atoms with van der Waals surface area (Å²) in [6.45, 7) is 14.3. The van der Waals surface area contributed by atoms with Gasteiger partial charge in [-0.15, -0.1) is 0 Å². The number of likely N-dealkylation sites (N-methyl/N-ethyl adjacent to an activating group) is 1. The third-order valence-electron chi connectivity index (χ3n) is 3.96. The Labute approximate surface area is 131 Å². The van der Waals surface area contributed by atoms with Crippen molar-refractivity contribution in [2.45, 2.75) is 40.5 Å². The number of piperidine rings is 1. The van der Waals surface area contributed by atoms with Crippen molar-refractivity contribution in [2.24, 2.45) is 17.8 Å². The molecule has 0 unspecified atom stereocenters. The lowest BCUT2D eigenvalue weighted by molar-refractivity contribution is -0.133. The van der Waals surface area contributed by atoms with E-state index < -0.39 is 0 Å². The highest BCUT2D eigenvalue weighted by atomic mass is 16.2. The van der Waals surface area contributed by atoms with E-state index in [2.05, 4.69) is 45.0 Å². The standard InChI is InChI=1S/C17H35N3O/c1-14(2)10-20(11-15(3)4)17(21)13-19(5)12-16-6-8-18-9-7-16/h14-16,18H,6-13H2,1-5H3. The highest BCUT2D eigenvalue weighted by Crippen LogP contribution is 2.13. The van der Waals surface area contributed by atoms with E-state index in [1.54, 1.807) is 0 Å². The summed E-state index contributed by atoms with van der Waals surface area (Å²) in [7, 11) is 2.09. The van der Waals surface area contributed by atoms with Crippen molar-refractivity contribution in [3.05, 3.63) is 0 Å². The van der Waals surface area contributed by atoms with Gasteiger partial charge < -0.3 is 10.2 Å². The molecule has 1 amide bonds. The number of carbonyl (C=O) groups excluding carboxylic acids is 1. The summed E-state index contributed by atoms with van der Waals surface area (Å²) in [4.78, 5) is 16.8. The van der Waals surface area contributed by atoms with Crippen LogP contribution in [0.4, 0.5) is 0 Å². The molecular weight excluding hydrogens is 262 g/mol. The quantitative estimate of drug-likeness (QED) is 0.745. The van der Waals surface area contributed by atoms with E-state index in [4.69, 9.17) is 0 Å². The highest BCUT2D eigenvalue weighted by molar-refractivity contribution is 5.78. The SMILES string of the molecule is CC(C)CN(CC(C)C)C(=O)CN(C)CC1CCNCC1. The lowest BCUT2D eigenvalue weighted by Gasteiger charge is -2.31. The largest absolute Gasteiger partial charge is 0.341 e. The first-order chi connectivity index (χ1) is 9.88. The number of hydrogen-bond donors (Lipinski definition) is 1. The van der Waals surface area contributed by atoms with Crippen LogP contribution in [0.15, 0.2) is 0 Å². The monoisotopic (exact) mass is 297 g/mol. The van der Waals surface area contributed by atoms with Gasteiger partial charge in [-0.2, -0.15) is 0 Å². The summed E-state index contributed by atoms with van der Waals surface area (Å²) in [5.74, 6) is 2.09. The van der Waals surface area contributed by atoms with Crippen LogP contribution in [0.2, 0.25) is 0 Å². The van der Waals surface area contributed by atoms with Crippen LogP contribution in [-0.2, 0) is 4.79 Å². The molecule has 0 saturated carbocycles. The highest BCUT2D eigenvalue weighted by Gasteiger charge is 2.20. The molecule has 1 aliphatic heterocycles. The summed E-state index contributed by atoms with van der Waals surface area (Å²) in [5.41, 5.74) is 0. The molecule has 0 aromatic carbocycles. The van der Waals surface area contributed by atoms with E-state index in [-0.39, 0.29) is 5.91 Å². The maximum atomic E-state index is 12.5. The minimum Gasteiger partial charge on any atom is -0.341 e. The maximum Gasteiger partial charge on any atom is 0.236 e. The van der Waals surface area contributed by atoms with Gasteiger partial charge in [-0.3, -0.25) is 9.69 Å². The van der Waals surface area contributed by atoms with Crippen LogP contribution in [0.5, 0.6) is 0 Å². The van der Waals surface area contributed by atoms with Gasteiger partial charge in [-0.25, -0.2) is 0 Å². The van der Waals surface area contributed by atoms with Crippen LogP contribution in [0.3, 0.4) is 0 Å². The summed E-state index contributed by atoms with van der Waals surface area (Å²) in [5, 5.41) is 3.40. The molecule has 0 aromatic rings. The minimum absolute atomic E-state index is 0.286. The first kappa shape index (κ1) is 18.4. The fourth-order valence-corrected chi connectivity index (χ4v) is 3.06. The second kappa shape index (κ2) is 9.42. The van der Waals surface area contributed by atoms with Crippen molar-refractivity contribution in [3.8, 4) is 0 Å². The Morgan fingerprint density at radius 2 is 1.62 bits per heavy atom.